The number of nitro benzene ring substituents is 1. The summed E-state index contributed by atoms with van der Waals surface area (Å²) in [6.45, 7) is 0.760. The third kappa shape index (κ3) is 3.06. The van der Waals surface area contributed by atoms with Crippen LogP contribution in [0.2, 0.25) is 0 Å². The third-order valence-corrected chi connectivity index (χ3v) is 4.89. The highest BCUT2D eigenvalue weighted by atomic mass is 16.6. The summed E-state index contributed by atoms with van der Waals surface area (Å²) in [5.41, 5.74) is 0.298. The Kier molecular flexibility index (Phi) is 4.42. The molecule has 1 fully saturated rings. The summed E-state index contributed by atoms with van der Waals surface area (Å²) < 4.78 is 11.0. The summed E-state index contributed by atoms with van der Waals surface area (Å²) in [6.07, 6.45) is 0. The molecule has 0 spiro atoms. The largest absolute Gasteiger partial charge is 0.507 e. The van der Waals surface area contributed by atoms with E-state index in [0.29, 0.717) is 30.3 Å². The number of nitrogens with zero attached hydrogens (tertiary/aromatic N) is 2. The first kappa shape index (κ1) is 18.5. The Bertz CT molecular complexity index is 1080. The number of carbonyl (C=O) groups is 2. The van der Waals surface area contributed by atoms with Crippen molar-refractivity contribution in [3.63, 3.8) is 0 Å². The highest BCUT2D eigenvalue weighted by Gasteiger charge is 2.44. The number of likely N-dealkylation sites (N-methyl/N-ethyl adjacent to an activating group) is 1. The number of fused-ring (bicyclic) bond motifs is 1. The molecular weight excluding hydrogens is 380 g/mol. The maximum Gasteiger partial charge on any atom is 0.295 e. The van der Waals surface area contributed by atoms with Crippen LogP contribution in [-0.2, 0) is 9.59 Å². The van der Waals surface area contributed by atoms with Crippen molar-refractivity contribution in [3.05, 3.63) is 69.3 Å². The molecule has 148 valence electrons. The molecule has 1 atom stereocenters. The van der Waals surface area contributed by atoms with E-state index in [4.69, 9.17) is 9.47 Å². The van der Waals surface area contributed by atoms with E-state index in [1.807, 2.05) is 0 Å². The van der Waals surface area contributed by atoms with Crippen LogP contribution < -0.4 is 9.47 Å². The lowest BCUT2D eigenvalue weighted by atomic mass is 9.95. The summed E-state index contributed by atoms with van der Waals surface area (Å²) in [7, 11) is 1.41. The van der Waals surface area contributed by atoms with Gasteiger partial charge < -0.3 is 19.5 Å². The van der Waals surface area contributed by atoms with Gasteiger partial charge in [-0.3, -0.25) is 19.7 Å². The number of ether oxygens (including phenoxy) is 2. The van der Waals surface area contributed by atoms with Crippen LogP contribution in [0, 0.1) is 10.1 Å². The van der Waals surface area contributed by atoms with E-state index in [2.05, 4.69) is 0 Å². The van der Waals surface area contributed by atoms with Crippen LogP contribution in [0.5, 0.6) is 11.5 Å². The fraction of sp³-hybridized carbons (Fsp3) is 0.200. The van der Waals surface area contributed by atoms with Crippen LogP contribution in [0.4, 0.5) is 5.69 Å². The zero-order valence-corrected chi connectivity index (χ0v) is 15.3. The Labute approximate surface area is 164 Å². The normalized spacial score (nSPS) is 20.0. The molecule has 2 aliphatic rings. The number of rotatable bonds is 3. The number of ketones is 1. The number of amides is 1. The van der Waals surface area contributed by atoms with Crippen molar-refractivity contribution in [1.29, 1.82) is 0 Å². The molecule has 1 unspecified atom stereocenters. The van der Waals surface area contributed by atoms with Crippen molar-refractivity contribution in [2.75, 3.05) is 20.3 Å². The topological polar surface area (TPSA) is 119 Å². The van der Waals surface area contributed by atoms with Crippen LogP contribution >= 0.6 is 0 Å². The van der Waals surface area contributed by atoms with Gasteiger partial charge in [0.05, 0.1) is 16.5 Å². The standard InChI is InChI=1S/C20H16N2O7/c1-21-17(11-3-2-4-13(9-11)22(26)27)16(19(24)20(21)25)18(23)12-5-6-14-15(10-12)29-8-7-28-14/h2-6,9-10,17,23H,7-8H2,1H3/b18-16+. The second-order valence-corrected chi connectivity index (χ2v) is 6.62. The minimum Gasteiger partial charge on any atom is -0.507 e. The lowest BCUT2D eigenvalue weighted by Crippen LogP contribution is -2.24. The quantitative estimate of drug-likeness (QED) is 0.278. The average Bonchev–Trinajstić information content (AvgIpc) is 2.96. The fourth-order valence-corrected chi connectivity index (χ4v) is 3.49. The zero-order valence-electron chi connectivity index (χ0n) is 15.3. The molecule has 0 radical (unpaired) electrons. The molecular formula is C20H16N2O7. The molecule has 0 aliphatic carbocycles. The van der Waals surface area contributed by atoms with Gasteiger partial charge in [0, 0.05) is 24.7 Å². The molecule has 2 heterocycles. The van der Waals surface area contributed by atoms with Gasteiger partial charge in [0.25, 0.3) is 17.4 Å². The van der Waals surface area contributed by atoms with E-state index in [0.717, 1.165) is 4.90 Å². The number of aliphatic hydroxyl groups is 1. The van der Waals surface area contributed by atoms with E-state index >= 15 is 0 Å². The van der Waals surface area contributed by atoms with Crippen LogP contribution in [-0.4, -0.2) is 46.9 Å². The molecule has 0 aromatic heterocycles. The van der Waals surface area contributed by atoms with E-state index in [1.54, 1.807) is 18.2 Å². The van der Waals surface area contributed by atoms with Gasteiger partial charge in [0.15, 0.2) is 11.5 Å². The first-order chi connectivity index (χ1) is 13.9. The number of non-ortho nitro benzene ring substituents is 1. The Morgan fingerprint density at radius 2 is 1.86 bits per heavy atom. The molecule has 4 rings (SSSR count). The highest BCUT2D eigenvalue weighted by molar-refractivity contribution is 6.46. The van der Waals surface area contributed by atoms with Crippen molar-refractivity contribution in [2.24, 2.45) is 0 Å². The summed E-state index contributed by atoms with van der Waals surface area (Å²) in [4.78, 5) is 36.7. The third-order valence-electron chi connectivity index (χ3n) is 4.89. The Morgan fingerprint density at radius 3 is 2.59 bits per heavy atom. The van der Waals surface area contributed by atoms with E-state index < -0.39 is 22.7 Å². The summed E-state index contributed by atoms with van der Waals surface area (Å²) in [6, 6.07) is 9.35. The van der Waals surface area contributed by atoms with Crippen LogP contribution in [0.3, 0.4) is 0 Å². The van der Waals surface area contributed by atoms with Crippen molar-refractivity contribution in [2.45, 2.75) is 6.04 Å². The molecule has 2 aromatic rings. The second-order valence-electron chi connectivity index (χ2n) is 6.62. The number of aliphatic hydroxyl groups excluding tert-OH is 1. The predicted molar refractivity (Wildman–Crippen MR) is 101 cm³/mol. The van der Waals surface area contributed by atoms with Gasteiger partial charge in [0.2, 0.25) is 0 Å². The van der Waals surface area contributed by atoms with Gasteiger partial charge in [0.1, 0.15) is 19.0 Å². The number of nitro groups is 1. The molecule has 9 heteroatoms. The van der Waals surface area contributed by atoms with Crippen molar-refractivity contribution >= 4 is 23.1 Å². The smallest absolute Gasteiger partial charge is 0.295 e. The first-order valence-electron chi connectivity index (χ1n) is 8.77. The van der Waals surface area contributed by atoms with Crippen molar-refractivity contribution < 1.29 is 29.1 Å². The molecule has 9 nitrogen and oxygen atoms in total. The predicted octanol–water partition coefficient (Wildman–Crippen LogP) is 2.42. The van der Waals surface area contributed by atoms with Crippen molar-refractivity contribution in [3.8, 4) is 11.5 Å². The average molecular weight is 396 g/mol. The van der Waals surface area contributed by atoms with Crippen LogP contribution in [0.15, 0.2) is 48.0 Å². The SMILES string of the molecule is CN1C(=O)C(=O)/C(=C(/O)c2ccc3c(c2)OCCO3)C1c1cccc([N+](=O)[O-])c1. The Hall–Kier alpha value is -3.88. The number of hydrogen-bond acceptors (Lipinski definition) is 7. The number of Topliss-reactive ketones (excluding diaryl/α,β-unsaturated/α-hetero) is 1. The van der Waals surface area contributed by atoms with Gasteiger partial charge in [-0.25, -0.2) is 0 Å². The van der Waals surface area contributed by atoms with E-state index in [9.17, 15) is 24.8 Å². The highest BCUT2D eigenvalue weighted by Crippen LogP contribution is 2.40. The molecule has 1 saturated heterocycles. The van der Waals surface area contributed by atoms with Gasteiger partial charge in [-0.2, -0.15) is 0 Å². The van der Waals surface area contributed by atoms with E-state index in [-0.39, 0.29) is 22.6 Å². The monoisotopic (exact) mass is 396 g/mol. The molecule has 1 N–H and O–H groups in total. The summed E-state index contributed by atoms with van der Waals surface area (Å²) in [5, 5.41) is 22.0. The van der Waals surface area contributed by atoms with Crippen LogP contribution in [0.25, 0.3) is 5.76 Å². The first-order valence-corrected chi connectivity index (χ1v) is 8.77. The second kappa shape index (κ2) is 6.93. The summed E-state index contributed by atoms with van der Waals surface area (Å²) in [5.74, 6) is -1.13. The number of likely N-dealkylation sites (tertiary alicyclic amines) is 1. The minimum absolute atomic E-state index is 0.144. The molecule has 1 amide bonds. The number of benzene rings is 2. The Morgan fingerprint density at radius 1 is 1.14 bits per heavy atom. The minimum atomic E-state index is -0.955. The van der Waals surface area contributed by atoms with Crippen molar-refractivity contribution in [1.82, 2.24) is 4.90 Å². The van der Waals surface area contributed by atoms with Gasteiger partial charge >= 0.3 is 0 Å². The number of hydrogen-bond donors (Lipinski definition) is 1. The molecule has 0 bridgehead atoms. The van der Waals surface area contributed by atoms with Gasteiger partial charge in [-0.1, -0.05) is 12.1 Å². The maximum atomic E-state index is 12.6. The lowest BCUT2D eigenvalue weighted by Gasteiger charge is -2.21. The van der Waals surface area contributed by atoms with E-state index in [1.165, 1.54) is 31.3 Å². The molecule has 29 heavy (non-hydrogen) atoms. The lowest BCUT2D eigenvalue weighted by molar-refractivity contribution is -0.384. The van der Waals surface area contributed by atoms with Gasteiger partial charge in [-0.15, -0.1) is 0 Å². The van der Waals surface area contributed by atoms with Crippen LogP contribution in [0.1, 0.15) is 17.2 Å². The Balaban J connectivity index is 1.85. The molecule has 2 aromatic carbocycles. The molecule has 0 saturated carbocycles. The molecule has 2 aliphatic heterocycles. The number of carbonyl (C=O) groups excluding carboxylic acids is 2. The van der Waals surface area contributed by atoms with Gasteiger partial charge in [-0.05, 0) is 23.8 Å². The fourth-order valence-electron chi connectivity index (χ4n) is 3.49. The maximum absolute atomic E-state index is 12.6. The zero-order chi connectivity index (χ0) is 20.7. The summed E-state index contributed by atoms with van der Waals surface area (Å²) >= 11 is 0.